The molecule has 4 nitrogen and oxygen atoms in total. The van der Waals surface area contributed by atoms with Gasteiger partial charge in [-0.3, -0.25) is 9.78 Å². The highest BCUT2D eigenvalue weighted by Gasteiger charge is 2.35. The van der Waals surface area contributed by atoms with Gasteiger partial charge in [0.2, 0.25) is 5.91 Å². The van der Waals surface area contributed by atoms with Crippen LogP contribution < -0.4 is 0 Å². The van der Waals surface area contributed by atoms with E-state index in [1.54, 1.807) is 6.20 Å². The molecule has 2 fully saturated rings. The third-order valence-corrected chi connectivity index (χ3v) is 6.60. The number of halogens is 1. The zero-order valence-electron chi connectivity index (χ0n) is 16.1. The maximum atomic E-state index is 12.3. The van der Waals surface area contributed by atoms with Crippen LogP contribution in [-0.2, 0) is 11.2 Å². The maximum absolute atomic E-state index is 12.3. The van der Waals surface area contributed by atoms with Crippen molar-refractivity contribution in [3.63, 3.8) is 0 Å². The van der Waals surface area contributed by atoms with Crippen LogP contribution in [0.5, 0.6) is 0 Å². The Morgan fingerprint density at radius 1 is 1.18 bits per heavy atom. The highest BCUT2D eigenvalue weighted by molar-refractivity contribution is 6.31. The summed E-state index contributed by atoms with van der Waals surface area (Å²) in [6, 6.07) is 10.3. The highest BCUT2D eigenvalue weighted by atomic mass is 35.5. The maximum Gasteiger partial charge on any atom is 0.222 e. The zero-order chi connectivity index (χ0) is 19.5. The number of likely N-dealkylation sites (tertiary alicyclic amines) is 1. The van der Waals surface area contributed by atoms with Gasteiger partial charge in [0.1, 0.15) is 0 Å². The van der Waals surface area contributed by atoms with Crippen LogP contribution in [0.2, 0.25) is 5.02 Å². The van der Waals surface area contributed by atoms with Gasteiger partial charge in [-0.25, -0.2) is 0 Å². The summed E-state index contributed by atoms with van der Waals surface area (Å²) < 4.78 is 0. The first-order chi connectivity index (χ1) is 13.6. The molecule has 0 radical (unpaired) electrons. The molecule has 1 amide bonds. The van der Waals surface area contributed by atoms with Gasteiger partial charge in [-0.1, -0.05) is 29.8 Å². The van der Waals surface area contributed by atoms with Crippen molar-refractivity contribution in [3.8, 4) is 11.1 Å². The van der Waals surface area contributed by atoms with Gasteiger partial charge in [-0.15, -0.1) is 0 Å². The van der Waals surface area contributed by atoms with Crippen LogP contribution in [0.3, 0.4) is 0 Å². The average molecular weight is 399 g/mol. The smallest absolute Gasteiger partial charge is 0.222 e. The Morgan fingerprint density at radius 3 is 2.82 bits per heavy atom. The summed E-state index contributed by atoms with van der Waals surface area (Å²) in [6.07, 6.45) is 9.28. The number of hydrogen-bond acceptors (Lipinski definition) is 3. The van der Waals surface area contributed by atoms with Crippen LogP contribution in [0.1, 0.15) is 44.1 Å². The Balaban J connectivity index is 1.47. The second kappa shape index (κ2) is 8.62. The standard InChI is InChI=1S/C23H27ClN2O2/c24-21-14-16(18-4-3-10-25-15-18)6-7-17(21)12-19-13-20(8-9-22(19)27)26-11-2-1-5-23(26)28/h3-4,6-7,10,14-15,19-20,22,27H,1-2,5,8-9,11-13H2. The summed E-state index contributed by atoms with van der Waals surface area (Å²) in [4.78, 5) is 18.5. The topological polar surface area (TPSA) is 53.4 Å². The molecule has 1 aliphatic heterocycles. The van der Waals surface area contributed by atoms with E-state index in [4.69, 9.17) is 11.6 Å². The Morgan fingerprint density at radius 2 is 2.07 bits per heavy atom. The van der Waals surface area contributed by atoms with Gasteiger partial charge < -0.3 is 10.0 Å². The Kier molecular flexibility index (Phi) is 5.98. The third kappa shape index (κ3) is 4.23. The van der Waals surface area contributed by atoms with Gasteiger partial charge in [-0.2, -0.15) is 0 Å². The fraction of sp³-hybridized carbons (Fsp3) is 0.478. The first-order valence-electron chi connectivity index (χ1n) is 10.3. The Labute approximate surface area is 171 Å². The molecule has 1 N–H and O–H groups in total. The molecular formula is C23H27ClN2O2. The summed E-state index contributed by atoms with van der Waals surface area (Å²) in [5.41, 5.74) is 3.14. The van der Waals surface area contributed by atoms with E-state index in [9.17, 15) is 9.90 Å². The number of rotatable bonds is 4. The van der Waals surface area contributed by atoms with Crippen LogP contribution in [0.25, 0.3) is 11.1 Å². The fourth-order valence-corrected chi connectivity index (χ4v) is 4.90. The predicted molar refractivity (Wildman–Crippen MR) is 111 cm³/mol. The molecule has 5 heteroatoms. The van der Waals surface area contributed by atoms with Gasteiger partial charge in [-0.05, 0) is 67.7 Å². The van der Waals surface area contributed by atoms with E-state index >= 15 is 0 Å². The second-order valence-electron chi connectivity index (χ2n) is 8.09. The summed E-state index contributed by atoms with van der Waals surface area (Å²) in [6.45, 7) is 0.868. The SMILES string of the molecule is O=C1CCCCN1C1CCC(O)C(Cc2ccc(-c3cccnc3)cc2Cl)C1. The molecule has 1 saturated heterocycles. The molecule has 148 valence electrons. The summed E-state index contributed by atoms with van der Waals surface area (Å²) in [5, 5.41) is 11.3. The van der Waals surface area contributed by atoms with Gasteiger partial charge in [0.05, 0.1) is 6.10 Å². The van der Waals surface area contributed by atoms with E-state index < -0.39 is 0 Å². The number of aliphatic hydroxyl groups is 1. The van der Waals surface area contributed by atoms with E-state index in [1.807, 2.05) is 24.4 Å². The average Bonchev–Trinajstić information content (AvgIpc) is 2.72. The molecule has 28 heavy (non-hydrogen) atoms. The van der Waals surface area contributed by atoms with Gasteiger partial charge in [0.15, 0.2) is 0 Å². The minimum absolute atomic E-state index is 0.134. The second-order valence-corrected chi connectivity index (χ2v) is 8.50. The van der Waals surface area contributed by atoms with Crippen LogP contribution in [0.4, 0.5) is 0 Å². The minimum atomic E-state index is -0.329. The molecule has 3 unspecified atom stereocenters. The van der Waals surface area contributed by atoms with Gasteiger partial charge >= 0.3 is 0 Å². The van der Waals surface area contributed by atoms with E-state index in [2.05, 4.69) is 22.0 Å². The van der Waals surface area contributed by atoms with E-state index in [0.29, 0.717) is 6.42 Å². The molecule has 1 aromatic heterocycles. The van der Waals surface area contributed by atoms with E-state index in [-0.39, 0.29) is 24.0 Å². The number of carbonyl (C=O) groups excluding carboxylic acids is 1. The van der Waals surface area contributed by atoms with Crippen LogP contribution in [0, 0.1) is 5.92 Å². The normalized spacial score (nSPS) is 25.7. The van der Waals surface area contributed by atoms with Crippen molar-refractivity contribution in [1.82, 2.24) is 9.88 Å². The van der Waals surface area contributed by atoms with Gasteiger partial charge in [0.25, 0.3) is 0 Å². The number of pyridine rings is 1. The Hall–Kier alpha value is -1.91. The van der Waals surface area contributed by atoms with E-state index in [0.717, 1.165) is 66.8 Å². The van der Waals surface area contributed by atoms with Crippen LogP contribution in [-0.4, -0.2) is 39.6 Å². The zero-order valence-corrected chi connectivity index (χ0v) is 16.8. The molecular weight excluding hydrogens is 372 g/mol. The molecule has 0 spiro atoms. The molecule has 1 aromatic carbocycles. The lowest BCUT2D eigenvalue weighted by molar-refractivity contribution is -0.137. The number of piperidine rings is 1. The number of hydrogen-bond donors (Lipinski definition) is 1. The molecule has 2 aromatic rings. The first-order valence-corrected chi connectivity index (χ1v) is 10.7. The number of amides is 1. The fourth-order valence-electron chi connectivity index (χ4n) is 4.65. The lowest BCUT2D eigenvalue weighted by Gasteiger charge is -2.41. The molecule has 2 heterocycles. The lowest BCUT2D eigenvalue weighted by Crippen LogP contribution is -2.48. The number of aliphatic hydroxyl groups excluding tert-OH is 1. The van der Waals surface area contributed by atoms with Crippen molar-refractivity contribution in [2.45, 2.75) is 57.1 Å². The van der Waals surface area contributed by atoms with Gasteiger partial charge in [0, 0.05) is 42.0 Å². The minimum Gasteiger partial charge on any atom is -0.393 e. The summed E-state index contributed by atoms with van der Waals surface area (Å²) in [7, 11) is 0. The van der Waals surface area contributed by atoms with Crippen molar-refractivity contribution < 1.29 is 9.90 Å². The Bertz CT molecular complexity index is 827. The van der Waals surface area contributed by atoms with Crippen LogP contribution in [0.15, 0.2) is 42.7 Å². The number of carbonyl (C=O) groups is 1. The quantitative estimate of drug-likeness (QED) is 0.825. The van der Waals surface area contributed by atoms with Crippen molar-refractivity contribution >= 4 is 17.5 Å². The number of benzene rings is 1. The third-order valence-electron chi connectivity index (χ3n) is 6.25. The predicted octanol–water partition coefficient (Wildman–Crippen LogP) is 4.49. The molecule has 0 bridgehead atoms. The molecule has 1 aliphatic carbocycles. The largest absolute Gasteiger partial charge is 0.393 e. The van der Waals surface area contributed by atoms with E-state index in [1.165, 1.54) is 0 Å². The van der Waals surface area contributed by atoms with Crippen molar-refractivity contribution in [3.05, 3.63) is 53.3 Å². The summed E-state index contributed by atoms with van der Waals surface area (Å²) >= 11 is 6.59. The number of nitrogens with zero attached hydrogens (tertiary/aromatic N) is 2. The monoisotopic (exact) mass is 398 g/mol. The molecule has 3 atom stereocenters. The van der Waals surface area contributed by atoms with Crippen molar-refractivity contribution in [2.75, 3.05) is 6.54 Å². The lowest BCUT2D eigenvalue weighted by atomic mass is 9.79. The molecule has 4 rings (SSSR count). The summed E-state index contributed by atoms with van der Waals surface area (Å²) in [5.74, 6) is 0.417. The molecule has 2 aliphatic rings. The first kappa shape index (κ1) is 19.4. The highest BCUT2D eigenvalue weighted by Crippen LogP contribution is 2.34. The number of aromatic nitrogens is 1. The van der Waals surface area contributed by atoms with Crippen molar-refractivity contribution in [2.24, 2.45) is 5.92 Å². The van der Waals surface area contributed by atoms with Crippen molar-refractivity contribution in [1.29, 1.82) is 0 Å². The molecule has 1 saturated carbocycles. The van der Waals surface area contributed by atoms with Crippen LogP contribution >= 0.6 is 11.6 Å².